The summed E-state index contributed by atoms with van der Waals surface area (Å²) >= 11 is 0. The van der Waals surface area contributed by atoms with Crippen molar-refractivity contribution >= 4 is 34.4 Å². The van der Waals surface area contributed by atoms with E-state index in [0.717, 1.165) is 70.7 Å². The Labute approximate surface area is 254 Å². The molecule has 5 aromatic rings. The van der Waals surface area contributed by atoms with Gasteiger partial charge in [-0.3, -0.25) is 10.1 Å². The minimum Gasteiger partial charge on any atom is -0.453 e. The molecule has 3 atom stereocenters. The van der Waals surface area contributed by atoms with E-state index in [0.29, 0.717) is 23.2 Å². The molecule has 2 saturated carbocycles. The average Bonchev–Trinajstić information content (AvgIpc) is 3.45. The molecular formula is C33H34N8O3. The third-order valence-corrected chi connectivity index (χ3v) is 9.64. The molecule has 3 aliphatic rings. The van der Waals surface area contributed by atoms with Gasteiger partial charge in [0.25, 0.3) is 5.91 Å². The molecule has 2 unspecified atom stereocenters. The summed E-state index contributed by atoms with van der Waals surface area (Å²) < 4.78 is 8.79. The monoisotopic (exact) mass is 590 g/mol. The fourth-order valence-corrected chi connectivity index (χ4v) is 6.99. The first-order valence-corrected chi connectivity index (χ1v) is 15.3. The summed E-state index contributed by atoms with van der Waals surface area (Å²) in [6, 6.07) is 14.0. The van der Waals surface area contributed by atoms with Crippen LogP contribution in [-0.4, -0.2) is 66.8 Å². The van der Waals surface area contributed by atoms with Crippen molar-refractivity contribution in [1.29, 1.82) is 0 Å². The van der Waals surface area contributed by atoms with Crippen LogP contribution in [0.1, 0.15) is 41.6 Å². The number of nitrogens with two attached hydrogens (primary N) is 1. The Balaban J connectivity index is 1.15. The first-order valence-electron chi connectivity index (χ1n) is 15.3. The zero-order valence-corrected chi connectivity index (χ0v) is 24.7. The fourth-order valence-electron chi connectivity index (χ4n) is 6.99. The Morgan fingerprint density at radius 3 is 2.66 bits per heavy atom. The van der Waals surface area contributed by atoms with Gasteiger partial charge in [-0.05, 0) is 86.9 Å². The highest BCUT2D eigenvalue weighted by Gasteiger charge is 2.46. The highest BCUT2D eigenvalue weighted by atomic mass is 16.5. The van der Waals surface area contributed by atoms with Crippen LogP contribution in [0.3, 0.4) is 0 Å². The highest BCUT2D eigenvalue weighted by molar-refractivity contribution is 5.95. The molecule has 1 aliphatic heterocycles. The van der Waals surface area contributed by atoms with Crippen LogP contribution in [0.25, 0.3) is 39.2 Å². The molecule has 0 aromatic carbocycles. The van der Waals surface area contributed by atoms with Gasteiger partial charge in [-0.25, -0.2) is 19.3 Å². The Morgan fingerprint density at radius 1 is 1.09 bits per heavy atom. The van der Waals surface area contributed by atoms with Crippen molar-refractivity contribution in [3.63, 3.8) is 0 Å². The van der Waals surface area contributed by atoms with E-state index in [1.807, 2.05) is 39.9 Å². The molecule has 2 bridgehead atoms. The van der Waals surface area contributed by atoms with Gasteiger partial charge in [-0.2, -0.15) is 5.10 Å². The smallest absolute Gasteiger partial charge is 0.412 e. The zero-order valence-electron chi connectivity index (χ0n) is 24.7. The predicted molar refractivity (Wildman–Crippen MR) is 166 cm³/mol. The maximum absolute atomic E-state index is 13.5. The van der Waals surface area contributed by atoms with Crippen LogP contribution in [0.4, 0.5) is 10.6 Å². The average molecular weight is 591 g/mol. The zero-order chi connectivity index (χ0) is 30.1. The van der Waals surface area contributed by atoms with E-state index in [9.17, 15) is 9.59 Å². The second kappa shape index (κ2) is 10.2. The maximum Gasteiger partial charge on any atom is 0.412 e. The molecule has 2 aliphatic carbocycles. The summed E-state index contributed by atoms with van der Waals surface area (Å²) in [6.07, 6.45) is 7.50. The lowest BCUT2D eigenvalue weighted by Crippen LogP contribution is -2.41. The summed E-state index contributed by atoms with van der Waals surface area (Å²) in [5.74, 6) is 1.47. The number of anilines is 1. The Bertz CT molecular complexity index is 1940. The largest absolute Gasteiger partial charge is 0.453 e. The molecule has 3 fully saturated rings. The van der Waals surface area contributed by atoms with Gasteiger partial charge < -0.3 is 19.9 Å². The van der Waals surface area contributed by atoms with Crippen LogP contribution in [0.2, 0.25) is 0 Å². The lowest BCUT2D eigenvalue weighted by Gasteiger charge is -2.27. The number of carbonyl (C=O) groups is 2. The standard InChI is InChI=1S/C33H34N8O3/c1-18-25-10-7-23(32(42)40-16-22-6-11-26(40)29(22)34)17-41(25)38-30(18)27-13-20-5-9-24(36-31(20)39(27)15-19-3-4-19)21-8-12-28(35-14-21)37-33(43)44-2/h5,7-10,12-14,17,19,22,26,29H,3-4,6,11,15-16,34H2,1-2H3,(H,35,37,43)/t22?,26?,29-/m1/s1. The van der Waals surface area contributed by atoms with Gasteiger partial charge in [0.05, 0.1) is 29.6 Å². The van der Waals surface area contributed by atoms with E-state index < -0.39 is 6.09 Å². The van der Waals surface area contributed by atoms with Gasteiger partial charge in [-0.1, -0.05) is 0 Å². The number of nitrogens with zero attached hydrogens (tertiary/aromatic N) is 6. The molecular weight excluding hydrogens is 556 g/mol. The van der Waals surface area contributed by atoms with Gasteiger partial charge in [0.2, 0.25) is 0 Å². The van der Waals surface area contributed by atoms with Crippen LogP contribution in [0.5, 0.6) is 0 Å². The van der Waals surface area contributed by atoms with Gasteiger partial charge in [0, 0.05) is 54.1 Å². The van der Waals surface area contributed by atoms with E-state index in [1.54, 1.807) is 12.3 Å². The van der Waals surface area contributed by atoms with E-state index in [1.165, 1.54) is 20.0 Å². The molecule has 2 amide bonds. The summed E-state index contributed by atoms with van der Waals surface area (Å²) in [5, 5.41) is 8.65. The van der Waals surface area contributed by atoms with Crippen LogP contribution in [0.15, 0.2) is 54.9 Å². The SMILES string of the molecule is COC(=O)Nc1ccc(-c2ccc3cc(-c4nn5cc(C(=O)N6CC7CCC6[C@@H]7N)ccc5c4C)n(CC4CC4)c3n2)cn1. The minimum absolute atomic E-state index is 0.0347. The molecule has 1 saturated heterocycles. The number of piperidine rings is 1. The van der Waals surface area contributed by atoms with Crippen molar-refractivity contribution in [1.82, 2.24) is 29.0 Å². The minimum atomic E-state index is -0.566. The lowest BCUT2D eigenvalue weighted by molar-refractivity contribution is 0.0700. The van der Waals surface area contributed by atoms with E-state index in [-0.39, 0.29) is 18.0 Å². The molecule has 0 radical (unpaired) electrons. The van der Waals surface area contributed by atoms with E-state index >= 15 is 0 Å². The van der Waals surface area contributed by atoms with Gasteiger partial charge in [0.15, 0.2) is 0 Å². The second-order valence-electron chi connectivity index (χ2n) is 12.4. The van der Waals surface area contributed by atoms with Gasteiger partial charge in [-0.15, -0.1) is 0 Å². The Morgan fingerprint density at radius 2 is 1.95 bits per heavy atom. The topological polar surface area (TPSA) is 133 Å². The first kappa shape index (κ1) is 26.8. The quantitative estimate of drug-likeness (QED) is 0.288. The molecule has 224 valence electrons. The molecule has 3 N–H and O–H groups in total. The fraction of sp³-hybridized carbons (Fsp3) is 0.364. The Kier molecular flexibility index (Phi) is 6.19. The summed E-state index contributed by atoms with van der Waals surface area (Å²) in [5.41, 5.74) is 13.5. The van der Waals surface area contributed by atoms with E-state index in [2.05, 4.69) is 38.7 Å². The molecule has 0 spiro atoms. The molecule has 44 heavy (non-hydrogen) atoms. The number of hydrogen-bond acceptors (Lipinski definition) is 7. The van der Waals surface area contributed by atoms with Crippen molar-refractivity contribution in [3.8, 4) is 22.6 Å². The summed E-state index contributed by atoms with van der Waals surface area (Å²) in [6.45, 7) is 3.70. The van der Waals surface area contributed by atoms with Crippen molar-refractivity contribution in [2.24, 2.45) is 17.6 Å². The number of amides is 2. The van der Waals surface area contributed by atoms with Crippen molar-refractivity contribution in [2.75, 3.05) is 19.0 Å². The number of nitrogens with one attached hydrogen (secondary N) is 1. The summed E-state index contributed by atoms with van der Waals surface area (Å²) in [7, 11) is 1.31. The molecule has 8 rings (SSSR count). The van der Waals surface area contributed by atoms with Crippen LogP contribution in [-0.2, 0) is 11.3 Å². The van der Waals surface area contributed by atoms with E-state index in [4.69, 9.17) is 15.8 Å². The van der Waals surface area contributed by atoms with Crippen LogP contribution in [0, 0.1) is 18.8 Å². The third-order valence-electron chi connectivity index (χ3n) is 9.64. The number of hydrogen-bond donors (Lipinski definition) is 2. The van der Waals surface area contributed by atoms with Crippen molar-refractivity contribution in [3.05, 3.63) is 66.0 Å². The van der Waals surface area contributed by atoms with Crippen LogP contribution < -0.4 is 11.1 Å². The van der Waals surface area contributed by atoms with Crippen molar-refractivity contribution in [2.45, 2.75) is 51.2 Å². The van der Waals surface area contributed by atoms with Crippen molar-refractivity contribution < 1.29 is 14.3 Å². The van der Waals surface area contributed by atoms with Crippen LogP contribution >= 0.6 is 0 Å². The first-order chi connectivity index (χ1) is 21.4. The summed E-state index contributed by atoms with van der Waals surface area (Å²) in [4.78, 5) is 36.4. The number of carbonyl (C=O) groups excluding carboxylic acids is 2. The predicted octanol–water partition coefficient (Wildman–Crippen LogP) is 4.87. The number of pyridine rings is 3. The number of methoxy groups -OCH3 is 1. The second-order valence-corrected chi connectivity index (χ2v) is 12.4. The number of aryl methyl sites for hydroxylation is 1. The number of likely N-dealkylation sites (tertiary alicyclic amines) is 1. The Hall–Kier alpha value is -4.77. The number of ether oxygens (including phenoxy) is 1. The number of fused-ring (bicyclic) bond motifs is 4. The number of rotatable bonds is 6. The lowest BCUT2D eigenvalue weighted by atomic mass is 10.1. The maximum atomic E-state index is 13.5. The van der Waals surface area contributed by atoms with Gasteiger partial charge >= 0.3 is 6.09 Å². The highest BCUT2D eigenvalue weighted by Crippen LogP contribution is 2.39. The van der Waals surface area contributed by atoms with Gasteiger partial charge in [0.1, 0.15) is 17.2 Å². The molecule has 11 nitrogen and oxygen atoms in total. The third kappa shape index (κ3) is 4.41. The number of aromatic nitrogens is 5. The molecule has 11 heteroatoms. The normalized spacial score (nSPS) is 21.0. The molecule has 5 aromatic heterocycles. The molecule has 6 heterocycles.